The van der Waals surface area contributed by atoms with E-state index >= 15 is 0 Å². The molecule has 0 aliphatic rings. The van der Waals surface area contributed by atoms with Crippen molar-refractivity contribution in [2.75, 3.05) is 5.73 Å². The van der Waals surface area contributed by atoms with Crippen LogP contribution in [0.4, 0.5) is 5.82 Å². The molecule has 4 N–H and O–H groups in total. The van der Waals surface area contributed by atoms with Crippen LogP contribution in [0.2, 0.25) is 0 Å². The molecule has 3 rings (SSSR count). The number of hydrogen-bond acceptors (Lipinski definition) is 5. The second-order valence-electron chi connectivity index (χ2n) is 4.11. The first kappa shape index (κ1) is 15.2. The summed E-state index contributed by atoms with van der Waals surface area (Å²) in [4.78, 5) is 8.62. The third kappa shape index (κ3) is 3.88. The Hall–Kier alpha value is -2.22. The van der Waals surface area contributed by atoms with Gasteiger partial charge in [-0.2, -0.15) is 0 Å². The first-order valence-corrected chi connectivity index (χ1v) is 7.48. The monoisotopic (exact) mass is 385 g/mol. The molecule has 103 valence electrons. The molecule has 0 spiro atoms. The molecule has 3 heterocycles. The van der Waals surface area contributed by atoms with Gasteiger partial charge in [0.25, 0.3) is 0 Å². The predicted octanol–water partition coefficient (Wildman–Crippen LogP) is 1.06. The van der Waals surface area contributed by atoms with Crippen LogP contribution >= 0.6 is 0 Å². The van der Waals surface area contributed by atoms with E-state index in [2.05, 4.69) is 22.2 Å². The fourth-order valence-corrected chi connectivity index (χ4v) is 2.32. The van der Waals surface area contributed by atoms with E-state index in [1.165, 1.54) is 26.1 Å². The maximum absolute atomic E-state index is 6.08. The van der Waals surface area contributed by atoms with Crippen LogP contribution < -0.4 is 9.31 Å². The van der Waals surface area contributed by atoms with Gasteiger partial charge in [0.15, 0.2) is 0 Å². The number of imidazole rings is 1. The van der Waals surface area contributed by atoms with E-state index in [0.717, 1.165) is 29.3 Å². The second-order valence-corrected chi connectivity index (χ2v) is 5.76. The normalized spacial score (nSPS) is 9.76. The quantitative estimate of drug-likeness (QED) is 0.455. The molecular weight excluding hydrogens is 371 g/mol. The number of nitrogens with one attached hydrogen (secondary N) is 2. The van der Waals surface area contributed by atoms with Gasteiger partial charge < -0.3 is 10.8 Å². The van der Waals surface area contributed by atoms with Crippen LogP contribution in [0.15, 0.2) is 42.9 Å². The SMILES string of the molecule is N=CC=N.Nc1ccc(-c2cn3c[c]([Sn])ccc3n2)cn1. The van der Waals surface area contributed by atoms with Gasteiger partial charge in [-0.15, -0.1) is 0 Å². The van der Waals surface area contributed by atoms with E-state index in [1.807, 2.05) is 22.7 Å². The van der Waals surface area contributed by atoms with Gasteiger partial charge in [-0.1, -0.05) is 0 Å². The summed E-state index contributed by atoms with van der Waals surface area (Å²) < 4.78 is 3.33. The fraction of sp³-hybridized carbons (Fsp3) is 0. The average Bonchev–Trinajstić information content (AvgIpc) is 2.91. The Balaban J connectivity index is 0.000000361. The molecule has 0 saturated carbocycles. The molecule has 3 aromatic rings. The summed E-state index contributed by atoms with van der Waals surface area (Å²) in [6, 6.07) is 7.83. The fourth-order valence-electron chi connectivity index (χ4n) is 1.69. The minimum atomic E-state index is 0.525. The summed E-state index contributed by atoms with van der Waals surface area (Å²) in [6.45, 7) is 0. The molecule has 0 atom stereocenters. The number of rotatable bonds is 2. The molecule has 7 heteroatoms. The van der Waals surface area contributed by atoms with Gasteiger partial charge in [-0.25, -0.2) is 0 Å². The molecule has 0 unspecified atom stereocenters. The van der Waals surface area contributed by atoms with Crippen molar-refractivity contribution in [2.45, 2.75) is 0 Å². The summed E-state index contributed by atoms with van der Waals surface area (Å²) >= 11 is 1.40. The zero-order valence-corrected chi connectivity index (χ0v) is 14.0. The average molecular weight is 384 g/mol. The number of fused-ring (bicyclic) bond motifs is 1. The summed E-state index contributed by atoms with van der Waals surface area (Å²) in [5.41, 5.74) is 8.41. The van der Waals surface area contributed by atoms with Crippen LogP contribution in [0.5, 0.6) is 0 Å². The molecular formula is C14H13N6Sn. The summed E-state index contributed by atoms with van der Waals surface area (Å²) in [6.07, 6.45) is 7.68. The van der Waals surface area contributed by atoms with Crippen LogP contribution in [-0.2, 0) is 0 Å². The first-order valence-electron chi connectivity index (χ1n) is 6.06. The second kappa shape index (κ2) is 6.98. The van der Waals surface area contributed by atoms with Gasteiger partial charge in [0.05, 0.1) is 0 Å². The summed E-state index contributed by atoms with van der Waals surface area (Å²) in [7, 11) is 0. The molecule has 0 aliphatic heterocycles. The molecule has 6 nitrogen and oxygen atoms in total. The Labute approximate surface area is 135 Å². The molecule has 3 radical (unpaired) electrons. The van der Waals surface area contributed by atoms with Crippen LogP contribution in [0.25, 0.3) is 16.9 Å². The third-order valence-electron chi connectivity index (χ3n) is 2.62. The zero-order valence-electron chi connectivity index (χ0n) is 11.1. The maximum atomic E-state index is 6.08. The molecule has 0 saturated heterocycles. The summed E-state index contributed by atoms with van der Waals surface area (Å²) in [5.74, 6) is 0.525. The Morgan fingerprint density at radius 2 is 1.86 bits per heavy atom. The van der Waals surface area contributed by atoms with Crippen molar-refractivity contribution in [3.63, 3.8) is 0 Å². The van der Waals surface area contributed by atoms with Crippen molar-refractivity contribution >= 4 is 50.0 Å². The Bertz CT molecular complexity index is 757. The van der Waals surface area contributed by atoms with E-state index in [-0.39, 0.29) is 0 Å². The van der Waals surface area contributed by atoms with Gasteiger partial charge in [0, 0.05) is 12.4 Å². The van der Waals surface area contributed by atoms with E-state index < -0.39 is 0 Å². The van der Waals surface area contributed by atoms with Crippen LogP contribution in [0, 0.1) is 10.8 Å². The van der Waals surface area contributed by atoms with Gasteiger partial charge in [-0.3, -0.25) is 0 Å². The molecule has 0 amide bonds. The van der Waals surface area contributed by atoms with E-state index in [4.69, 9.17) is 16.6 Å². The molecule has 0 bridgehead atoms. The Kier molecular flexibility index (Phi) is 5.04. The van der Waals surface area contributed by atoms with Crippen molar-refractivity contribution in [3.8, 4) is 11.3 Å². The van der Waals surface area contributed by atoms with Crippen molar-refractivity contribution in [1.82, 2.24) is 14.4 Å². The predicted molar refractivity (Wildman–Crippen MR) is 85.8 cm³/mol. The number of hydrogen-bond donors (Lipinski definition) is 3. The third-order valence-corrected chi connectivity index (χ3v) is 3.46. The van der Waals surface area contributed by atoms with Crippen LogP contribution in [0.3, 0.4) is 0 Å². The van der Waals surface area contributed by atoms with Gasteiger partial charge in [-0.05, 0) is 0 Å². The number of nitrogen functional groups attached to an aromatic ring is 1. The number of pyridine rings is 2. The van der Waals surface area contributed by atoms with Crippen LogP contribution in [0.1, 0.15) is 0 Å². The van der Waals surface area contributed by atoms with E-state index in [0.29, 0.717) is 5.82 Å². The Morgan fingerprint density at radius 3 is 2.48 bits per heavy atom. The molecule has 0 fully saturated rings. The molecule has 0 aromatic carbocycles. The van der Waals surface area contributed by atoms with Gasteiger partial charge >= 0.3 is 112 Å². The molecule has 0 aliphatic carbocycles. The van der Waals surface area contributed by atoms with Crippen molar-refractivity contribution < 1.29 is 0 Å². The van der Waals surface area contributed by atoms with Crippen LogP contribution in [-0.4, -0.2) is 49.3 Å². The number of nitrogens with zero attached hydrogens (tertiary/aromatic N) is 3. The number of nitrogens with two attached hydrogens (primary N) is 1. The topological polar surface area (TPSA) is 104 Å². The van der Waals surface area contributed by atoms with E-state index in [1.54, 1.807) is 12.3 Å². The first-order chi connectivity index (χ1) is 10.1. The van der Waals surface area contributed by atoms with Crippen molar-refractivity contribution in [2.24, 2.45) is 0 Å². The standard InChI is InChI=1S/C12H9N4.C2H4N2.Sn/c13-11-5-4-9(7-14-11)10-8-16-6-2-1-3-12(16)15-10;3-1-2-4;/h1,3-8H,(H2,13,14);1-4H;. The summed E-state index contributed by atoms with van der Waals surface area (Å²) in [5, 5.41) is 12.2. The van der Waals surface area contributed by atoms with E-state index in [9.17, 15) is 0 Å². The zero-order chi connectivity index (χ0) is 15.2. The Morgan fingerprint density at radius 1 is 1.10 bits per heavy atom. The molecule has 3 aromatic heterocycles. The minimum absolute atomic E-state index is 0.525. The van der Waals surface area contributed by atoms with Crippen molar-refractivity contribution in [1.29, 1.82) is 10.8 Å². The van der Waals surface area contributed by atoms with Gasteiger partial charge in [0.1, 0.15) is 0 Å². The number of aromatic nitrogens is 3. The molecule has 21 heavy (non-hydrogen) atoms. The van der Waals surface area contributed by atoms with Crippen molar-refractivity contribution in [3.05, 3.63) is 42.9 Å². The van der Waals surface area contributed by atoms with Gasteiger partial charge in [0.2, 0.25) is 0 Å². The number of anilines is 1.